The summed E-state index contributed by atoms with van der Waals surface area (Å²) in [6.45, 7) is 3.35. The van der Waals surface area contributed by atoms with E-state index >= 15 is 0 Å². The first-order valence-electron chi connectivity index (χ1n) is 23.7. The van der Waals surface area contributed by atoms with E-state index in [-0.39, 0.29) is 32.1 Å². The average molecular weight is 872 g/mol. The highest BCUT2D eigenvalue weighted by atomic mass is 31.2. The maximum atomic E-state index is 12.1. The summed E-state index contributed by atoms with van der Waals surface area (Å²) in [6.07, 6.45) is 60.5. The number of phosphoric acid groups is 1. The lowest BCUT2D eigenvalue weighted by Crippen LogP contribution is -2.27. The Morgan fingerprint density at radius 1 is 0.525 bits per heavy atom. The molecule has 348 valence electrons. The molecule has 3 N–H and O–H groups in total. The van der Waals surface area contributed by atoms with Crippen molar-refractivity contribution in [3.05, 3.63) is 97.2 Å². The number of amides is 1. The molecule has 0 fully saturated rings. The van der Waals surface area contributed by atoms with Gasteiger partial charge in [-0.2, -0.15) is 0 Å². The molecule has 0 bridgehead atoms. The monoisotopic (exact) mass is 872 g/mol. The molecule has 0 rings (SSSR count). The van der Waals surface area contributed by atoms with E-state index in [1.807, 2.05) is 0 Å². The van der Waals surface area contributed by atoms with Crippen LogP contribution in [0, 0.1) is 0 Å². The molecule has 0 aliphatic carbocycles. The van der Waals surface area contributed by atoms with Gasteiger partial charge in [-0.25, -0.2) is 4.57 Å². The first kappa shape index (κ1) is 57.9. The van der Waals surface area contributed by atoms with Gasteiger partial charge >= 0.3 is 13.8 Å². The Kier molecular flexibility index (Phi) is 44.1. The van der Waals surface area contributed by atoms with Gasteiger partial charge in [0.25, 0.3) is 0 Å². The highest BCUT2D eigenvalue weighted by Gasteiger charge is 2.23. The number of allylic oxidation sites excluding steroid dienone is 16. The topological polar surface area (TPSA) is 131 Å². The molecule has 0 aliphatic heterocycles. The Labute approximate surface area is 372 Å². The molecule has 61 heavy (non-hydrogen) atoms. The molecule has 1 amide bonds. The van der Waals surface area contributed by atoms with Crippen molar-refractivity contribution in [2.24, 2.45) is 0 Å². The van der Waals surface area contributed by atoms with Gasteiger partial charge in [0.1, 0.15) is 12.7 Å². The first-order chi connectivity index (χ1) is 29.8. The van der Waals surface area contributed by atoms with Crippen LogP contribution in [-0.4, -0.2) is 54.3 Å². The zero-order chi connectivity index (χ0) is 44.6. The van der Waals surface area contributed by atoms with Crippen LogP contribution in [0.2, 0.25) is 0 Å². The van der Waals surface area contributed by atoms with Gasteiger partial charge in [-0.1, -0.05) is 169 Å². The van der Waals surface area contributed by atoms with Crippen LogP contribution in [0.5, 0.6) is 0 Å². The summed E-state index contributed by atoms with van der Waals surface area (Å²) in [5.74, 6) is -0.571. The zero-order valence-electron chi connectivity index (χ0n) is 38.3. The molecule has 0 aliphatic rings. The molecule has 0 radical (unpaired) electrons. The summed E-state index contributed by atoms with van der Waals surface area (Å²) >= 11 is 0. The molecule has 2 unspecified atom stereocenters. The molecule has 0 saturated carbocycles. The number of esters is 1. The van der Waals surface area contributed by atoms with Gasteiger partial charge in [0.05, 0.1) is 13.2 Å². The Hall–Kier alpha value is -3.07. The van der Waals surface area contributed by atoms with E-state index in [2.05, 4.69) is 116 Å². The minimum Gasteiger partial charge on any atom is -0.463 e. The number of carbonyl (C=O) groups is 2. The summed E-state index contributed by atoms with van der Waals surface area (Å²) in [6, 6.07) is 0. The summed E-state index contributed by atoms with van der Waals surface area (Å²) in [5, 5.41) is 12.7. The molecule has 2 atom stereocenters. The van der Waals surface area contributed by atoms with Crippen LogP contribution in [0.15, 0.2) is 97.2 Å². The van der Waals surface area contributed by atoms with Crippen molar-refractivity contribution in [1.29, 1.82) is 0 Å². The Bertz CT molecular complexity index is 1320. The number of hydrogen-bond donors (Lipinski definition) is 3. The van der Waals surface area contributed by atoms with Gasteiger partial charge in [-0.05, 0) is 96.3 Å². The lowest BCUT2D eigenvalue weighted by molar-refractivity contribution is -0.147. The van der Waals surface area contributed by atoms with Crippen LogP contribution in [0.25, 0.3) is 0 Å². The molecule has 0 aromatic rings. The fourth-order valence-corrected chi connectivity index (χ4v) is 6.70. The standard InChI is InChI=1S/C51H86NO8P/c1-3-5-7-9-11-13-15-17-19-21-23-24-26-27-29-31-33-35-37-39-41-43-50(54)52-45-46-59-61(56,57)60-48-49(53)47-58-51(55)44-42-40-38-36-34-32-30-28-25-22-20-18-16-14-12-10-8-6-4-2/h5,7,11-14,17-20,23-24,27,29,33,35,49,53H,3-4,6,8-10,15-16,21-22,25-26,28,30-32,34,36-48H2,1-2H3,(H,52,54)(H,56,57)/b7-5-,13-11-,14-12-,19-17-,20-18-,24-23-,29-27-,35-33-. The van der Waals surface area contributed by atoms with E-state index in [0.717, 1.165) is 96.3 Å². The Morgan fingerprint density at radius 3 is 1.43 bits per heavy atom. The molecule has 9 nitrogen and oxygen atoms in total. The number of rotatable bonds is 43. The number of unbranched alkanes of at least 4 members (excludes halogenated alkanes) is 14. The van der Waals surface area contributed by atoms with Crippen LogP contribution in [0.4, 0.5) is 0 Å². The highest BCUT2D eigenvalue weighted by molar-refractivity contribution is 7.47. The third-order valence-corrected chi connectivity index (χ3v) is 10.5. The van der Waals surface area contributed by atoms with Crippen molar-refractivity contribution < 1.29 is 37.9 Å². The lowest BCUT2D eigenvalue weighted by Gasteiger charge is -2.15. The molecular formula is C51H86NO8P. The predicted octanol–water partition coefficient (Wildman–Crippen LogP) is 13.8. The van der Waals surface area contributed by atoms with Crippen molar-refractivity contribution in [2.45, 2.75) is 187 Å². The van der Waals surface area contributed by atoms with E-state index in [9.17, 15) is 24.2 Å². The second kappa shape index (κ2) is 46.4. The Morgan fingerprint density at radius 2 is 0.934 bits per heavy atom. The number of phosphoric ester groups is 1. The van der Waals surface area contributed by atoms with Gasteiger partial charge in [0, 0.05) is 19.4 Å². The second-order valence-electron chi connectivity index (χ2n) is 15.3. The van der Waals surface area contributed by atoms with Crippen molar-refractivity contribution >= 4 is 19.7 Å². The van der Waals surface area contributed by atoms with E-state index in [1.165, 1.54) is 57.8 Å². The number of carbonyl (C=O) groups excluding carboxylic acids is 2. The van der Waals surface area contributed by atoms with Crippen LogP contribution in [-0.2, 0) is 27.9 Å². The van der Waals surface area contributed by atoms with Crippen LogP contribution >= 0.6 is 7.82 Å². The molecule has 0 saturated heterocycles. The molecular weight excluding hydrogens is 786 g/mol. The average Bonchev–Trinajstić information content (AvgIpc) is 3.25. The molecule has 10 heteroatoms. The van der Waals surface area contributed by atoms with Crippen molar-refractivity contribution in [2.75, 3.05) is 26.4 Å². The number of aliphatic hydroxyl groups excluding tert-OH is 1. The van der Waals surface area contributed by atoms with Crippen LogP contribution in [0.1, 0.15) is 181 Å². The largest absolute Gasteiger partial charge is 0.472 e. The molecule has 0 heterocycles. The van der Waals surface area contributed by atoms with Crippen LogP contribution < -0.4 is 5.32 Å². The van der Waals surface area contributed by atoms with Gasteiger partial charge in [-0.3, -0.25) is 18.6 Å². The van der Waals surface area contributed by atoms with E-state index < -0.39 is 26.5 Å². The van der Waals surface area contributed by atoms with Gasteiger partial charge in [0.2, 0.25) is 5.91 Å². The minimum absolute atomic E-state index is 0.0516. The van der Waals surface area contributed by atoms with E-state index in [0.29, 0.717) is 6.42 Å². The fourth-order valence-electron chi connectivity index (χ4n) is 5.94. The Balaban J connectivity index is 3.68. The first-order valence-corrected chi connectivity index (χ1v) is 25.2. The minimum atomic E-state index is -4.44. The van der Waals surface area contributed by atoms with Gasteiger partial charge in [0.15, 0.2) is 0 Å². The summed E-state index contributed by atoms with van der Waals surface area (Å²) in [4.78, 5) is 34.0. The SMILES string of the molecule is CC/C=C\C/C=C\C/C=C\C/C=C\C/C=C\C/C=C\CCCCC(=O)NCCOP(=O)(O)OCC(O)COC(=O)CCCCCCCCCCC/C=C\C/C=C\CCCCC. The van der Waals surface area contributed by atoms with E-state index in [1.54, 1.807) is 0 Å². The smallest absolute Gasteiger partial charge is 0.463 e. The van der Waals surface area contributed by atoms with Crippen molar-refractivity contribution in [3.63, 3.8) is 0 Å². The maximum Gasteiger partial charge on any atom is 0.472 e. The highest BCUT2D eigenvalue weighted by Crippen LogP contribution is 2.42. The maximum absolute atomic E-state index is 12.1. The lowest BCUT2D eigenvalue weighted by atomic mass is 10.1. The summed E-state index contributed by atoms with van der Waals surface area (Å²) < 4.78 is 26.9. The van der Waals surface area contributed by atoms with Crippen LogP contribution in [0.3, 0.4) is 0 Å². The fraction of sp³-hybridized carbons (Fsp3) is 0.647. The van der Waals surface area contributed by atoms with E-state index in [4.69, 9.17) is 13.8 Å². The number of nitrogens with one attached hydrogen (secondary N) is 1. The van der Waals surface area contributed by atoms with Gasteiger partial charge < -0.3 is 20.1 Å². The van der Waals surface area contributed by atoms with Gasteiger partial charge in [-0.15, -0.1) is 0 Å². The normalized spacial score (nSPS) is 14.1. The number of hydrogen-bond acceptors (Lipinski definition) is 7. The quantitative estimate of drug-likeness (QED) is 0.0239. The molecule has 0 spiro atoms. The summed E-state index contributed by atoms with van der Waals surface area (Å²) in [7, 11) is -4.44. The molecule has 0 aromatic heterocycles. The van der Waals surface area contributed by atoms with Crippen molar-refractivity contribution in [1.82, 2.24) is 5.32 Å². The number of ether oxygens (including phenoxy) is 1. The summed E-state index contributed by atoms with van der Waals surface area (Å²) in [5.41, 5.74) is 0. The number of aliphatic hydroxyl groups is 1. The van der Waals surface area contributed by atoms with Crippen molar-refractivity contribution in [3.8, 4) is 0 Å². The zero-order valence-corrected chi connectivity index (χ0v) is 39.2. The second-order valence-corrected chi connectivity index (χ2v) is 16.8. The third kappa shape index (κ3) is 47.8. The third-order valence-electron chi connectivity index (χ3n) is 9.50. The predicted molar refractivity (Wildman–Crippen MR) is 256 cm³/mol. The molecule has 0 aromatic carbocycles.